The molecule has 102 valence electrons. The molecule has 0 aromatic heterocycles. The van der Waals surface area contributed by atoms with Gasteiger partial charge in [0.05, 0.1) is 0 Å². The zero-order chi connectivity index (χ0) is 13.2. The molecule has 18 heavy (non-hydrogen) atoms. The van der Waals surface area contributed by atoms with E-state index in [0.717, 1.165) is 39.0 Å². The van der Waals surface area contributed by atoms with Crippen LogP contribution < -0.4 is 5.32 Å². The standard InChI is InChI=1S/C16H27NO/c1-4-12-18-13-6-11-17-16(5-2)15-9-7-14(3)8-10-15/h7-10,16-17H,4-6,11-13H2,1-3H3. The number of ether oxygens (including phenoxy) is 1. The summed E-state index contributed by atoms with van der Waals surface area (Å²) in [5, 5.41) is 3.60. The first-order chi connectivity index (χ1) is 8.77. The molecular weight excluding hydrogens is 222 g/mol. The van der Waals surface area contributed by atoms with Crippen molar-refractivity contribution < 1.29 is 4.74 Å². The quantitative estimate of drug-likeness (QED) is 0.671. The first-order valence-corrected chi connectivity index (χ1v) is 7.15. The van der Waals surface area contributed by atoms with E-state index in [1.807, 2.05) is 0 Å². The molecule has 1 N–H and O–H groups in total. The molecule has 0 aliphatic carbocycles. The van der Waals surface area contributed by atoms with Gasteiger partial charge in [-0.1, -0.05) is 43.7 Å². The molecule has 0 heterocycles. The summed E-state index contributed by atoms with van der Waals surface area (Å²) in [6.45, 7) is 9.27. The lowest BCUT2D eigenvalue weighted by atomic mass is 10.0. The van der Waals surface area contributed by atoms with Crippen molar-refractivity contribution in [2.45, 2.75) is 46.1 Å². The Morgan fingerprint density at radius 2 is 1.83 bits per heavy atom. The minimum absolute atomic E-state index is 0.469. The number of benzene rings is 1. The van der Waals surface area contributed by atoms with Gasteiger partial charge in [-0.15, -0.1) is 0 Å². The second-order valence-electron chi connectivity index (χ2n) is 4.79. The first kappa shape index (κ1) is 15.2. The Morgan fingerprint density at radius 3 is 2.44 bits per heavy atom. The minimum Gasteiger partial charge on any atom is -0.381 e. The first-order valence-electron chi connectivity index (χ1n) is 7.15. The molecule has 0 aliphatic heterocycles. The maximum absolute atomic E-state index is 5.48. The summed E-state index contributed by atoms with van der Waals surface area (Å²) in [6, 6.07) is 9.29. The molecule has 1 unspecified atom stereocenters. The van der Waals surface area contributed by atoms with Crippen LogP contribution >= 0.6 is 0 Å². The summed E-state index contributed by atoms with van der Waals surface area (Å²) in [7, 11) is 0. The van der Waals surface area contributed by atoms with Gasteiger partial charge in [-0.25, -0.2) is 0 Å². The molecular formula is C16H27NO. The molecule has 0 aliphatic rings. The highest BCUT2D eigenvalue weighted by Crippen LogP contribution is 2.16. The van der Waals surface area contributed by atoms with Gasteiger partial charge in [0, 0.05) is 19.3 Å². The van der Waals surface area contributed by atoms with Crippen molar-refractivity contribution in [3.8, 4) is 0 Å². The Bertz CT molecular complexity index is 307. The monoisotopic (exact) mass is 249 g/mol. The van der Waals surface area contributed by atoms with Gasteiger partial charge in [0.15, 0.2) is 0 Å². The molecule has 2 heteroatoms. The van der Waals surface area contributed by atoms with Gasteiger partial charge in [-0.05, 0) is 38.3 Å². The Morgan fingerprint density at radius 1 is 1.11 bits per heavy atom. The van der Waals surface area contributed by atoms with Crippen molar-refractivity contribution in [3.63, 3.8) is 0 Å². The highest BCUT2D eigenvalue weighted by molar-refractivity contribution is 5.23. The smallest absolute Gasteiger partial charge is 0.0478 e. The molecule has 2 nitrogen and oxygen atoms in total. The van der Waals surface area contributed by atoms with Gasteiger partial charge in [-0.2, -0.15) is 0 Å². The lowest BCUT2D eigenvalue weighted by Gasteiger charge is -2.17. The molecule has 1 aromatic carbocycles. The number of hydrogen-bond donors (Lipinski definition) is 1. The molecule has 1 aromatic rings. The van der Waals surface area contributed by atoms with Crippen molar-refractivity contribution in [2.24, 2.45) is 0 Å². The lowest BCUT2D eigenvalue weighted by molar-refractivity contribution is 0.131. The third kappa shape index (κ3) is 5.65. The third-order valence-corrected chi connectivity index (χ3v) is 3.09. The SMILES string of the molecule is CCCOCCCNC(CC)c1ccc(C)cc1. The van der Waals surface area contributed by atoms with Crippen LogP contribution in [-0.4, -0.2) is 19.8 Å². The fourth-order valence-corrected chi connectivity index (χ4v) is 1.99. The zero-order valence-electron chi connectivity index (χ0n) is 12.0. The molecule has 0 saturated carbocycles. The van der Waals surface area contributed by atoms with Crippen LogP contribution in [0.3, 0.4) is 0 Å². The summed E-state index contributed by atoms with van der Waals surface area (Å²) in [5.74, 6) is 0. The average Bonchev–Trinajstić information content (AvgIpc) is 2.39. The minimum atomic E-state index is 0.469. The Balaban J connectivity index is 2.27. The maximum atomic E-state index is 5.48. The molecule has 0 radical (unpaired) electrons. The summed E-state index contributed by atoms with van der Waals surface area (Å²) in [6.07, 6.45) is 3.32. The average molecular weight is 249 g/mol. The van der Waals surface area contributed by atoms with Gasteiger partial charge >= 0.3 is 0 Å². The zero-order valence-corrected chi connectivity index (χ0v) is 12.0. The van der Waals surface area contributed by atoms with Crippen molar-refractivity contribution in [2.75, 3.05) is 19.8 Å². The van der Waals surface area contributed by atoms with Crippen LogP contribution in [0.2, 0.25) is 0 Å². The van der Waals surface area contributed by atoms with Gasteiger partial charge in [0.25, 0.3) is 0 Å². The van der Waals surface area contributed by atoms with Crippen LogP contribution in [0.25, 0.3) is 0 Å². The largest absolute Gasteiger partial charge is 0.381 e. The predicted octanol–water partition coefficient (Wildman–Crippen LogP) is 3.85. The highest BCUT2D eigenvalue weighted by Gasteiger charge is 2.07. The second kappa shape index (κ2) is 9.12. The number of nitrogens with one attached hydrogen (secondary N) is 1. The Labute approximate surface area is 112 Å². The maximum Gasteiger partial charge on any atom is 0.0478 e. The fraction of sp³-hybridized carbons (Fsp3) is 0.625. The predicted molar refractivity (Wildman–Crippen MR) is 77.9 cm³/mol. The van der Waals surface area contributed by atoms with Crippen molar-refractivity contribution in [3.05, 3.63) is 35.4 Å². The summed E-state index contributed by atoms with van der Waals surface area (Å²) in [5.41, 5.74) is 2.71. The van der Waals surface area contributed by atoms with Gasteiger partial charge in [-0.3, -0.25) is 0 Å². The summed E-state index contributed by atoms with van der Waals surface area (Å²) < 4.78 is 5.48. The van der Waals surface area contributed by atoms with E-state index in [1.54, 1.807) is 0 Å². The van der Waals surface area contributed by atoms with Gasteiger partial charge in [0.1, 0.15) is 0 Å². The van der Waals surface area contributed by atoms with Crippen LogP contribution in [0.4, 0.5) is 0 Å². The molecule has 0 amide bonds. The van der Waals surface area contributed by atoms with Crippen LogP contribution in [0, 0.1) is 6.92 Å². The van der Waals surface area contributed by atoms with Crippen molar-refractivity contribution >= 4 is 0 Å². The lowest BCUT2D eigenvalue weighted by Crippen LogP contribution is -2.22. The van der Waals surface area contributed by atoms with Gasteiger partial charge < -0.3 is 10.1 Å². The highest BCUT2D eigenvalue weighted by atomic mass is 16.5. The molecule has 0 fully saturated rings. The topological polar surface area (TPSA) is 21.3 Å². The van der Waals surface area contributed by atoms with E-state index in [0.29, 0.717) is 6.04 Å². The van der Waals surface area contributed by atoms with E-state index in [-0.39, 0.29) is 0 Å². The number of rotatable bonds is 9. The Kier molecular flexibility index (Phi) is 7.70. The van der Waals surface area contributed by atoms with E-state index in [1.165, 1.54) is 11.1 Å². The van der Waals surface area contributed by atoms with E-state index >= 15 is 0 Å². The number of hydrogen-bond acceptors (Lipinski definition) is 2. The molecule has 0 saturated heterocycles. The molecule has 1 rings (SSSR count). The van der Waals surface area contributed by atoms with Crippen molar-refractivity contribution in [1.82, 2.24) is 5.32 Å². The van der Waals surface area contributed by atoms with E-state index in [2.05, 4.69) is 50.4 Å². The molecule has 0 bridgehead atoms. The van der Waals surface area contributed by atoms with E-state index in [4.69, 9.17) is 4.74 Å². The van der Waals surface area contributed by atoms with Crippen LogP contribution in [0.5, 0.6) is 0 Å². The fourth-order valence-electron chi connectivity index (χ4n) is 1.99. The summed E-state index contributed by atoms with van der Waals surface area (Å²) >= 11 is 0. The summed E-state index contributed by atoms with van der Waals surface area (Å²) in [4.78, 5) is 0. The van der Waals surface area contributed by atoms with Gasteiger partial charge in [0.2, 0.25) is 0 Å². The van der Waals surface area contributed by atoms with Crippen LogP contribution in [0.1, 0.15) is 50.3 Å². The van der Waals surface area contributed by atoms with Crippen molar-refractivity contribution in [1.29, 1.82) is 0 Å². The second-order valence-corrected chi connectivity index (χ2v) is 4.79. The molecule has 1 atom stereocenters. The van der Waals surface area contributed by atoms with E-state index < -0.39 is 0 Å². The Hall–Kier alpha value is -0.860. The normalized spacial score (nSPS) is 12.6. The number of aryl methyl sites for hydroxylation is 1. The van der Waals surface area contributed by atoms with E-state index in [9.17, 15) is 0 Å². The molecule has 0 spiro atoms. The third-order valence-electron chi connectivity index (χ3n) is 3.09. The van der Waals surface area contributed by atoms with Crippen LogP contribution in [-0.2, 0) is 4.74 Å². The van der Waals surface area contributed by atoms with Crippen LogP contribution in [0.15, 0.2) is 24.3 Å².